The summed E-state index contributed by atoms with van der Waals surface area (Å²) in [6, 6.07) is 5.84. The van der Waals surface area contributed by atoms with E-state index in [-0.39, 0.29) is 47.0 Å². The molecule has 0 aliphatic rings. The van der Waals surface area contributed by atoms with Gasteiger partial charge in [0, 0.05) is 11.1 Å². The van der Waals surface area contributed by atoms with Gasteiger partial charge in [-0.3, -0.25) is 0 Å². The minimum Gasteiger partial charge on any atom is -0.506 e. The van der Waals surface area contributed by atoms with Crippen molar-refractivity contribution in [3.8, 4) is 22.6 Å². The van der Waals surface area contributed by atoms with Gasteiger partial charge < -0.3 is 19.7 Å². The van der Waals surface area contributed by atoms with Gasteiger partial charge >= 0.3 is 11.9 Å². The molecule has 0 saturated heterocycles. The first-order valence-corrected chi connectivity index (χ1v) is 9.85. The molecule has 2 rings (SSSR count). The Labute approximate surface area is 177 Å². The van der Waals surface area contributed by atoms with Crippen molar-refractivity contribution in [2.45, 2.75) is 13.8 Å². The second kappa shape index (κ2) is 8.89. The van der Waals surface area contributed by atoms with Crippen molar-refractivity contribution < 1.29 is 29.3 Å². The Kier molecular flexibility index (Phi) is 7.09. The fourth-order valence-electron chi connectivity index (χ4n) is 2.27. The smallest absolute Gasteiger partial charge is 0.338 e. The molecule has 0 amide bonds. The number of aromatic hydroxyl groups is 2. The Morgan fingerprint density at radius 2 is 1.15 bits per heavy atom. The van der Waals surface area contributed by atoms with Gasteiger partial charge in [-0.2, -0.15) is 0 Å². The van der Waals surface area contributed by atoms with E-state index < -0.39 is 11.9 Å². The van der Waals surface area contributed by atoms with Crippen molar-refractivity contribution in [1.82, 2.24) is 0 Å². The van der Waals surface area contributed by atoms with E-state index in [1.54, 1.807) is 13.8 Å². The first-order valence-electron chi connectivity index (χ1n) is 7.69. The maximum absolute atomic E-state index is 12.1. The number of hydrogen-bond acceptors (Lipinski definition) is 6. The standard InChI is InChI=1S/C18H16I2O6/c1-3-25-17(23)9-5-11(15(21)13(19)7-9)12-6-10(18(24)26-4-2)8-14(20)16(12)22/h5-8,21-22H,3-4H2,1-2H3. The molecule has 2 aromatic carbocycles. The van der Waals surface area contributed by atoms with Gasteiger partial charge in [0.05, 0.1) is 31.5 Å². The molecule has 6 nitrogen and oxygen atoms in total. The van der Waals surface area contributed by atoms with Gasteiger partial charge in [0.25, 0.3) is 0 Å². The number of halogens is 2. The van der Waals surface area contributed by atoms with Gasteiger partial charge in [-0.15, -0.1) is 0 Å². The second-order valence-corrected chi connectivity index (χ2v) is 7.47. The largest absolute Gasteiger partial charge is 0.506 e. The van der Waals surface area contributed by atoms with E-state index in [0.717, 1.165) is 0 Å². The van der Waals surface area contributed by atoms with Gasteiger partial charge in [-0.25, -0.2) is 9.59 Å². The molecular weight excluding hydrogens is 566 g/mol. The van der Waals surface area contributed by atoms with Crippen LogP contribution in [0, 0.1) is 7.14 Å². The van der Waals surface area contributed by atoms with Crippen molar-refractivity contribution in [2.24, 2.45) is 0 Å². The van der Waals surface area contributed by atoms with E-state index in [0.29, 0.717) is 7.14 Å². The third kappa shape index (κ3) is 4.40. The predicted molar refractivity (Wildman–Crippen MR) is 113 cm³/mol. The Balaban J connectivity index is 2.67. The maximum Gasteiger partial charge on any atom is 0.338 e. The second-order valence-electron chi connectivity index (χ2n) is 5.15. The molecule has 2 aromatic rings. The van der Waals surface area contributed by atoms with Crippen LogP contribution in [0.3, 0.4) is 0 Å². The van der Waals surface area contributed by atoms with Gasteiger partial charge in [0.2, 0.25) is 0 Å². The zero-order valence-corrected chi connectivity index (χ0v) is 18.3. The molecule has 0 bridgehead atoms. The quantitative estimate of drug-likeness (QED) is 0.403. The third-order valence-corrected chi connectivity index (χ3v) is 5.08. The van der Waals surface area contributed by atoms with Crippen LogP contribution in [-0.4, -0.2) is 35.4 Å². The van der Waals surface area contributed by atoms with Crippen LogP contribution in [0.5, 0.6) is 11.5 Å². The Hall–Kier alpha value is -1.56. The topological polar surface area (TPSA) is 93.1 Å². The first-order chi connectivity index (χ1) is 12.3. The number of carbonyl (C=O) groups excluding carboxylic acids is 2. The van der Waals surface area contributed by atoms with Crippen LogP contribution in [0.15, 0.2) is 24.3 Å². The van der Waals surface area contributed by atoms with E-state index in [4.69, 9.17) is 9.47 Å². The SMILES string of the molecule is CCOC(=O)c1cc(I)c(O)c(-c2cc(C(=O)OCC)cc(I)c2O)c1. The highest BCUT2D eigenvalue weighted by Gasteiger charge is 2.21. The van der Waals surface area contributed by atoms with Crippen molar-refractivity contribution in [2.75, 3.05) is 13.2 Å². The third-order valence-electron chi connectivity index (χ3n) is 3.44. The van der Waals surface area contributed by atoms with Crippen LogP contribution in [0.2, 0.25) is 0 Å². The lowest BCUT2D eigenvalue weighted by atomic mass is 9.99. The first kappa shape index (κ1) is 20.7. The lowest BCUT2D eigenvalue weighted by molar-refractivity contribution is 0.0516. The van der Waals surface area contributed by atoms with E-state index in [1.165, 1.54) is 24.3 Å². The summed E-state index contributed by atoms with van der Waals surface area (Å²) in [6.07, 6.45) is 0. The van der Waals surface area contributed by atoms with E-state index in [9.17, 15) is 19.8 Å². The number of esters is 2. The number of phenols is 2. The number of rotatable bonds is 5. The molecule has 0 atom stereocenters. The maximum atomic E-state index is 12.1. The molecule has 0 aliphatic carbocycles. The molecule has 0 saturated carbocycles. The van der Waals surface area contributed by atoms with E-state index >= 15 is 0 Å². The number of ether oxygens (including phenoxy) is 2. The van der Waals surface area contributed by atoms with Gasteiger partial charge in [0.15, 0.2) is 0 Å². The van der Waals surface area contributed by atoms with Gasteiger partial charge in [0.1, 0.15) is 11.5 Å². The summed E-state index contributed by atoms with van der Waals surface area (Å²) in [5.41, 5.74) is 0.919. The van der Waals surface area contributed by atoms with E-state index in [1.807, 2.05) is 45.2 Å². The fourth-order valence-corrected chi connectivity index (χ4v) is 3.53. The summed E-state index contributed by atoms with van der Waals surface area (Å²) in [6.45, 7) is 3.82. The molecule has 0 spiro atoms. The van der Waals surface area contributed by atoms with Crippen LogP contribution in [0.25, 0.3) is 11.1 Å². The van der Waals surface area contributed by atoms with Crippen LogP contribution in [0.4, 0.5) is 0 Å². The Bertz CT molecular complexity index is 792. The zero-order valence-electron chi connectivity index (χ0n) is 14.0. The normalized spacial score (nSPS) is 10.5. The summed E-state index contributed by atoms with van der Waals surface area (Å²) in [5, 5.41) is 20.9. The van der Waals surface area contributed by atoms with Crippen molar-refractivity contribution in [3.05, 3.63) is 42.5 Å². The molecule has 2 N–H and O–H groups in total. The summed E-state index contributed by atoms with van der Waals surface area (Å²) < 4.78 is 10.8. The van der Waals surface area contributed by atoms with Crippen LogP contribution in [0.1, 0.15) is 34.6 Å². The van der Waals surface area contributed by atoms with Crippen molar-refractivity contribution >= 4 is 57.1 Å². The van der Waals surface area contributed by atoms with Gasteiger partial charge in [-0.1, -0.05) is 0 Å². The summed E-state index contributed by atoms with van der Waals surface area (Å²) in [7, 11) is 0. The molecule has 0 heterocycles. The number of phenolic OH excluding ortho intramolecular Hbond substituents is 2. The summed E-state index contributed by atoms with van der Waals surface area (Å²) in [4.78, 5) is 24.1. The molecule has 8 heteroatoms. The minimum absolute atomic E-state index is 0.106. The zero-order chi connectivity index (χ0) is 19.4. The minimum atomic E-state index is -0.539. The van der Waals surface area contributed by atoms with Gasteiger partial charge in [-0.05, 0) is 83.3 Å². The van der Waals surface area contributed by atoms with Crippen LogP contribution >= 0.6 is 45.2 Å². The molecule has 0 radical (unpaired) electrons. The van der Waals surface area contributed by atoms with E-state index in [2.05, 4.69) is 0 Å². The summed E-state index contributed by atoms with van der Waals surface area (Å²) >= 11 is 3.77. The molecule has 0 unspecified atom stereocenters. The van der Waals surface area contributed by atoms with Crippen molar-refractivity contribution in [3.63, 3.8) is 0 Å². The van der Waals surface area contributed by atoms with Crippen LogP contribution in [-0.2, 0) is 9.47 Å². The molecule has 0 fully saturated rings. The molecule has 26 heavy (non-hydrogen) atoms. The fraction of sp³-hybridized carbons (Fsp3) is 0.222. The highest BCUT2D eigenvalue weighted by atomic mass is 127. The highest BCUT2D eigenvalue weighted by molar-refractivity contribution is 14.1. The molecular formula is C18H16I2O6. The van der Waals surface area contributed by atoms with Crippen LogP contribution < -0.4 is 0 Å². The molecule has 138 valence electrons. The highest BCUT2D eigenvalue weighted by Crippen LogP contribution is 2.41. The average Bonchev–Trinajstić information content (AvgIpc) is 2.60. The number of benzene rings is 2. The summed E-state index contributed by atoms with van der Waals surface area (Å²) in [5.74, 6) is -1.29. The lowest BCUT2D eigenvalue weighted by Crippen LogP contribution is -2.07. The molecule has 0 aliphatic heterocycles. The Morgan fingerprint density at radius 3 is 1.46 bits per heavy atom. The Morgan fingerprint density at radius 1 is 0.808 bits per heavy atom. The average molecular weight is 582 g/mol. The molecule has 0 aromatic heterocycles. The lowest BCUT2D eigenvalue weighted by Gasteiger charge is -2.13. The predicted octanol–water partition coefficient (Wildman–Crippen LogP) is 4.33. The number of hydrogen-bond donors (Lipinski definition) is 2. The monoisotopic (exact) mass is 582 g/mol. The number of carbonyl (C=O) groups is 2. The van der Waals surface area contributed by atoms with Crippen molar-refractivity contribution in [1.29, 1.82) is 0 Å².